The molecule has 0 bridgehead atoms. The minimum Gasteiger partial charge on any atom is -0.497 e. The van der Waals surface area contributed by atoms with Gasteiger partial charge in [0, 0.05) is 18.7 Å². The summed E-state index contributed by atoms with van der Waals surface area (Å²) < 4.78 is 10.3. The Morgan fingerprint density at radius 2 is 2.12 bits per heavy atom. The monoisotopic (exact) mass is 329 g/mol. The van der Waals surface area contributed by atoms with E-state index in [2.05, 4.69) is 10.5 Å². The Bertz CT molecular complexity index is 689. The molecule has 0 aliphatic carbocycles. The first-order chi connectivity index (χ1) is 11.6. The molecule has 1 aliphatic rings. The lowest BCUT2D eigenvalue weighted by Crippen LogP contribution is -2.39. The van der Waals surface area contributed by atoms with Gasteiger partial charge in [0.25, 0.3) is 0 Å². The van der Waals surface area contributed by atoms with Gasteiger partial charge in [-0.1, -0.05) is 17.3 Å². The summed E-state index contributed by atoms with van der Waals surface area (Å²) in [6.07, 6.45) is 1.99. The zero-order chi connectivity index (χ0) is 17.1. The first-order valence-electron chi connectivity index (χ1n) is 8.20. The van der Waals surface area contributed by atoms with Crippen LogP contribution in [0.2, 0.25) is 0 Å². The summed E-state index contributed by atoms with van der Waals surface area (Å²) in [7, 11) is 1.65. The van der Waals surface area contributed by atoms with Crippen LogP contribution in [0, 0.1) is 13.8 Å². The summed E-state index contributed by atoms with van der Waals surface area (Å²) in [5, 5.41) is 6.91. The molecule has 0 spiro atoms. The molecule has 1 fully saturated rings. The van der Waals surface area contributed by atoms with Crippen LogP contribution >= 0.6 is 0 Å². The first kappa shape index (κ1) is 16.4. The number of ether oxygens (including phenoxy) is 1. The van der Waals surface area contributed by atoms with Crippen LogP contribution in [0.15, 0.2) is 28.8 Å². The quantitative estimate of drug-likeness (QED) is 0.934. The maximum atomic E-state index is 12.6. The van der Waals surface area contributed by atoms with Crippen molar-refractivity contribution < 1.29 is 14.1 Å². The van der Waals surface area contributed by atoms with Crippen molar-refractivity contribution in [3.05, 3.63) is 46.8 Å². The number of carbonyl (C=O) groups excluding carboxylic acids is 1. The van der Waals surface area contributed by atoms with Gasteiger partial charge in [0.1, 0.15) is 11.5 Å². The molecule has 6 heteroatoms. The summed E-state index contributed by atoms with van der Waals surface area (Å²) in [6.45, 7) is 4.95. The minimum atomic E-state index is -0.0479. The van der Waals surface area contributed by atoms with E-state index in [0.29, 0.717) is 6.54 Å². The molecule has 1 N–H and O–H groups in total. The SMILES string of the molecule is COc1ccc(C2CCCN2C(=O)NCc2c(C)noc2C)cc1. The van der Waals surface area contributed by atoms with Crippen LogP contribution in [-0.2, 0) is 6.54 Å². The molecule has 2 aromatic rings. The molecule has 1 atom stereocenters. The number of amides is 2. The van der Waals surface area contributed by atoms with Gasteiger partial charge in [0.15, 0.2) is 0 Å². The number of urea groups is 1. The normalized spacial score (nSPS) is 17.1. The van der Waals surface area contributed by atoms with Crippen LogP contribution in [0.3, 0.4) is 0 Å². The highest BCUT2D eigenvalue weighted by Crippen LogP contribution is 2.32. The standard InChI is InChI=1S/C18H23N3O3/c1-12-16(13(2)24-20-12)11-19-18(22)21-10-4-5-17(21)14-6-8-15(23-3)9-7-14/h6-9,17H,4-5,10-11H2,1-3H3,(H,19,22). The number of nitrogens with zero attached hydrogens (tertiary/aromatic N) is 2. The highest BCUT2D eigenvalue weighted by molar-refractivity contribution is 5.75. The Balaban J connectivity index is 1.67. The molecule has 1 aromatic carbocycles. The third-order valence-corrected chi connectivity index (χ3v) is 4.61. The molecule has 1 unspecified atom stereocenters. The number of hydrogen-bond donors (Lipinski definition) is 1. The molecule has 0 saturated carbocycles. The summed E-state index contributed by atoms with van der Waals surface area (Å²) in [6, 6.07) is 8.00. The van der Waals surface area contributed by atoms with Gasteiger partial charge in [0.05, 0.1) is 18.8 Å². The zero-order valence-electron chi connectivity index (χ0n) is 14.3. The van der Waals surface area contributed by atoms with Crippen LogP contribution in [0.4, 0.5) is 4.79 Å². The number of benzene rings is 1. The second kappa shape index (κ2) is 6.95. The average molecular weight is 329 g/mol. The number of rotatable bonds is 4. The molecule has 6 nitrogen and oxygen atoms in total. The Morgan fingerprint density at radius 3 is 2.75 bits per heavy atom. The summed E-state index contributed by atoms with van der Waals surface area (Å²) >= 11 is 0. The Hall–Kier alpha value is -2.50. The van der Waals surface area contributed by atoms with E-state index < -0.39 is 0 Å². The second-order valence-electron chi connectivity index (χ2n) is 6.09. The minimum absolute atomic E-state index is 0.0479. The van der Waals surface area contributed by atoms with E-state index in [9.17, 15) is 4.79 Å². The maximum absolute atomic E-state index is 12.6. The fraction of sp³-hybridized carbons (Fsp3) is 0.444. The number of aryl methyl sites for hydroxylation is 2. The van der Waals surface area contributed by atoms with Gasteiger partial charge in [-0.2, -0.15) is 0 Å². The van der Waals surface area contributed by atoms with Gasteiger partial charge in [-0.25, -0.2) is 4.79 Å². The van der Waals surface area contributed by atoms with E-state index in [4.69, 9.17) is 9.26 Å². The van der Waals surface area contributed by atoms with E-state index >= 15 is 0 Å². The van der Waals surface area contributed by atoms with Crippen LogP contribution in [-0.4, -0.2) is 29.7 Å². The van der Waals surface area contributed by atoms with Gasteiger partial charge in [-0.15, -0.1) is 0 Å². The van der Waals surface area contributed by atoms with Gasteiger partial charge in [-0.3, -0.25) is 0 Å². The van der Waals surface area contributed by atoms with Crippen molar-refractivity contribution in [2.24, 2.45) is 0 Å². The van der Waals surface area contributed by atoms with Crippen molar-refractivity contribution in [3.63, 3.8) is 0 Å². The van der Waals surface area contributed by atoms with Crippen molar-refractivity contribution >= 4 is 6.03 Å². The molecular formula is C18H23N3O3. The zero-order valence-corrected chi connectivity index (χ0v) is 14.3. The lowest BCUT2D eigenvalue weighted by molar-refractivity contribution is 0.192. The largest absolute Gasteiger partial charge is 0.497 e. The van der Waals surface area contributed by atoms with Gasteiger partial charge in [0.2, 0.25) is 0 Å². The van der Waals surface area contributed by atoms with E-state index in [0.717, 1.165) is 47.7 Å². The summed E-state index contributed by atoms with van der Waals surface area (Å²) in [5.74, 6) is 1.58. The smallest absolute Gasteiger partial charge is 0.318 e. The first-order valence-corrected chi connectivity index (χ1v) is 8.20. The molecule has 1 saturated heterocycles. The van der Waals surface area contributed by atoms with E-state index in [1.807, 2.05) is 43.0 Å². The lowest BCUT2D eigenvalue weighted by atomic mass is 10.0. The third-order valence-electron chi connectivity index (χ3n) is 4.61. The number of nitrogens with one attached hydrogen (secondary N) is 1. The average Bonchev–Trinajstić information content (AvgIpc) is 3.20. The summed E-state index contributed by atoms with van der Waals surface area (Å²) in [5.41, 5.74) is 2.91. The molecule has 1 aliphatic heterocycles. The molecule has 1 aromatic heterocycles. The van der Waals surface area contributed by atoms with Gasteiger partial charge < -0.3 is 19.5 Å². The number of carbonyl (C=O) groups is 1. The number of aromatic nitrogens is 1. The number of likely N-dealkylation sites (tertiary alicyclic amines) is 1. The van der Waals surface area contributed by atoms with Gasteiger partial charge >= 0.3 is 6.03 Å². The molecule has 3 rings (SSSR count). The van der Waals surface area contributed by atoms with Gasteiger partial charge in [-0.05, 0) is 44.4 Å². The van der Waals surface area contributed by atoms with Crippen molar-refractivity contribution in [2.75, 3.05) is 13.7 Å². The second-order valence-corrected chi connectivity index (χ2v) is 6.09. The Labute approximate surface area is 141 Å². The van der Waals surface area contributed by atoms with Crippen LogP contribution in [0.5, 0.6) is 5.75 Å². The van der Waals surface area contributed by atoms with Crippen molar-refractivity contribution in [1.29, 1.82) is 0 Å². The number of methoxy groups -OCH3 is 1. The Kier molecular flexibility index (Phi) is 4.74. The fourth-order valence-corrected chi connectivity index (χ4v) is 3.20. The molecule has 2 heterocycles. The number of hydrogen-bond acceptors (Lipinski definition) is 4. The van der Waals surface area contributed by atoms with Crippen LogP contribution in [0.25, 0.3) is 0 Å². The highest BCUT2D eigenvalue weighted by Gasteiger charge is 2.30. The predicted octanol–water partition coefficient (Wildman–Crippen LogP) is 3.35. The highest BCUT2D eigenvalue weighted by atomic mass is 16.5. The molecule has 128 valence electrons. The molecular weight excluding hydrogens is 306 g/mol. The summed E-state index contributed by atoms with van der Waals surface area (Å²) in [4.78, 5) is 14.5. The predicted molar refractivity (Wildman–Crippen MR) is 89.9 cm³/mol. The van der Waals surface area contributed by atoms with E-state index in [1.54, 1.807) is 7.11 Å². The van der Waals surface area contributed by atoms with Crippen molar-refractivity contribution in [1.82, 2.24) is 15.4 Å². The van der Waals surface area contributed by atoms with E-state index in [-0.39, 0.29) is 12.1 Å². The van der Waals surface area contributed by atoms with Crippen molar-refractivity contribution in [3.8, 4) is 5.75 Å². The third kappa shape index (κ3) is 3.22. The lowest BCUT2D eigenvalue weighted by Gasteiger charge is -2.25. The van der Waals surface area contributed by atoms with Crippen molar-refractivity contribution in [2.45, 2.75) is 39.3 Å². The Morgan fingerprint density at radius 1 is 1.38 bits per heavy atom. The molecule has 2 amide bonds. The molecule has 0 radical (unpaired) electrons. The van der Waals surface area contributed by atoms with Crippen LogP contribution in [0.1, 0.15) is 41.5 Å². The maximum Gasteiger partial charge on any atom is 0.318 e. The fourth-order valence-electron chi connectivity index (χ4n) is 3.20. The van der Waals surface area contributed by atoms with Crippen LogP contribution < -0.4 is 10.1 Å². The molecule has 24 heavy (non-hydrogen) atoms. The topological polar surface area (TPSA) is 67.6 Å². The van der Waals surface area contributed by atoms with E-state index in [1.165, 1.54) is 0 Å².